The molecule has 2 heterocycles. The third-order valence-electron chi connectivity index (χ3n) is 4.13. The number of nitrogens with one attached hydrogen (secondary N) is 1. The van der Waals surface area contributed by atoms with Crippen LogP contribution < -0.4 is 5.32 Å². The minimum absolute atomic E-state index is 0.215. The summed E-state index contributed by atoms with van der Waals surface area (Å²) in [7, 11) is 0. The minimum atomic E-state index is -1.00. The normalized spacial score (nSPS) is 15.2. The van der Waals surface area contributed by atoms with Crippen LogP contribution >= 0.6 is 11.3 Å². The first kappa shape index (κ1) is 15.0. The third-order valence-corrected chi connectivity index (χ3v) is 5.01. The second kappa shape index (κ2) is 5.52. The maximum Gasteiger partial charge on any atom is 0.236 e. The van der Waals surface area contributed by atoms with Gasteiger partial charge < -0.3 is 9.84 Å². The van der Waals surface area contributed by atoms with Gasteiger partial charge in [0.1, 0.15) is 0 Å². The number of halogens is 2. The van der Waals surface area contributed by atoms with Crippen LogP contribution in [0.2, 0.25) is 0 Å². The van der Waals surface area contributed by atoms with Gasteiger partial charge in [0, 0.05) is 17.8 Å². The van der Waals surface area contributed by atoms with Crippen molar-refractivity contribution in [2.45, 2.75) is 18.3 Å². The van der Waals surface area contributed by atoms with E-state index in [0.29, 0.717) is 24.3 Å². The Bertz CT molecular complexity index is 901. The summed E-state index contributed by atoms with van der Waals surface area (Å²) in [5.41, 5.74) is 0.0160. The van der Waals surface area contributed by atoms with E-state index in [0.717, 1.165) is 17.0 Å². The lowest BCUT2D eigenvalue weighted by Gasteiger charge is -2.12. The molecule has 4 nitrogen and oxygen atoms in total. The maximum absolute atomic E-state index is 13.3. The molecule has 3 aromatic rings. The van der Waals surface area contributed by atoms with E-state index in [-0.39, 0.29) is 11.6 Å². The zero-order valence-corrected chi connectivity index (χ0v) is 13.2. The molecule has 1 N–H and O–H groups in total. The van der Waals surface area contributed by atoms with Crippen molar-refractivity contribution in [1.29, 1.82) is 0 Å². The molecule has 0 bridgehead atoms. The van der Waals surface area contributed by atoms with E-state index in [1.807, 2.05) is 17.5 Å². The van der Waals surface area contributed by atoms with Gasteiger partial charge >= 0.3 is 0 Å². The molecule has 2 aromatic heterocycles. The van der Waals surface area contributed by atoms with Crippen molar-refractivity contribution in [1.82, 2.24) is 5.16 Å². The molecule has 0 atom stereocenters. The molecule has 0 unspecified atom stereocenters. The summed E-state index contributed by atoms with van der Waals surface area (Å²) < 4.78 is 31.6. The summed E-state index contributed by atoms with van der Waals surface area (Å²) in [6.45, 7) is 0. The smallest absolute Gasteiger partial charge is 0.236 e. The summed E-state index contributed by atoms with van der Waals surface area (Å²) >= 11 is 1.52. The highest BCUT2D eigenvalue weighted by Crippen LogP contribution is 2.49. The zero-order valence-electron chi connectivity index (χ0n) is 12.4. The molecular weight excluding hydrogens is 334 g/mol. The molecule has 1 saturated carbocycles. The van der Waals surface area contributed by atoms with E-state index in [9.17, 15) is 13.6 Å². The van der Waals surface area contributed by atoms with Gasteiger partial charge in [0.2, 0.25) is 5.91 Å². The van der Waals surface area contributed by atoms with Crippen LogP contribution in [0.25, 0.3) is 10.6 Å². The lowest BCUT2D eigenvalue weighted by atomic mass is 10.0. The number of anilines is 1. The topological polar surface area (TPSA) is 55.1 Å². The Kier molecular flexibility index (Phi) is 3.45. The van der Waals surface area contributed by atoms with Gasteiger partial charge in [-0.25, -0.2) is 8.78 Å². The molecule has 0 aliphatic heterocycles. The number of aromatic nitrogens is 1. The summed E-state index contributed by atoms with van der Waals surface area (Å²) in [4.78, 5) is 13.5. The molecule has 1 aliphatic carbocycles. The highest BCUT2D eigenvalue weighted by atomic mass is 32.1. The second-order valence-electron chi connectivity index (χ2n) is 5.72. The Balaban J connectivity index is 1.56. The van der Waals surface area contributed by atoms with E-state index < -0.39 is 17.0 Å². The molecule has 1 fully saturated rings. The van der Waals surface area contributed by atoms with Crippen molar-refractivity contribution in [3.8, 4) is 10.6 Å². The highest BCUT2D eigenvalue weighted by Gasteiger charge is 2.53. The van der Waals surface area contributed by atoms with Crippen LogP contribution in [0.5, 0.6) is 0 Å². The predicted molar refractivity (Wildman–Crippen MR) is 85.7 cm³/mol. The molecule has 7 heteroatoms. The van der Waals surface area contributed by atoms with Crippen molar-refractivity contribution in [3.05, 3.63) is 59.1 Å². The quantitative estimate of drug-likeness (QED) is 0.764. The average molecular weight is 346 g/mol. The summed E-state index contributed by atoms with van der Waals surface area (Å²) in [6.07, 6.45) is 1.28. The maximum atomic E-state index is 13.3. The first-order chi connectivity index (χ1) is 11.6. The fourth-order valence-corrected chi connectivity index (χ4v) is 3.26. The van der Waals surface area contributed by atoms with E-state index >= 15 is 0 Å². The Morgan fingerprint density at radius 2 is 2.04 bits per heavy atom. The van der Waals surface area contributed by atoms with E-state index in [1.165, 1.54) is 17.4 Å². The monoisotopic (exact) mass is 346 g/mol. The van der Waals surface area contributed by atoms with Crippen LogP contribution in [-0.4, -0.2) is 11.1 Å². The van der Waals surface area contributed by atoms with Gasteiger partial charge in [0.15, 0.2) is 17.4 Å². The molecule has 0 saturated heterocycles. The number of carbonyl (C=O) groups excluding carboxylic acids is 1. The molecule has 4 rings (SSSR count). The van der Waals surface area contributed by atoms with Gasteiger partial charge in [-0.3, -0.25) is 4.79 Å². The summed E-state index contributed by atoms with van der Waals surface area (Å²) in [5.74, 6) is -1.63. The number of nitrogens with zero attached hydrogens (tertiary/aromatic N) is 1. The van der Waals surface area contributed by atoms with Gasteiger partial charge in [0.25, 0.3) is 0 Å². The molecule has 0 radical (unpaired) electrons. The number of carbonyl (C=O) groups is 1. The predicted octanol–water partition coefficient (Wildman–Crippen LogP) is 4.35. The number of benzene rings is 1. The number of thiophene rings is 1. The van der Waals surface area contributed by atoms with Crippen molar-refractivity contribution >= 4 is 22.9 Å². The number of hydrogen-bond acceptors (Lipinski definition) is 4. The number of rotatable bonds is 4. The number of hydrogen-bond donors (Lipinski definition) is 1. The van der Waals surface area contributed by atoms with Crippen LogP contribution in [0.4, 0.5) is 14.5 Å². The second-order valence-corrected chi connectivity index (χ2v) is 6.67. The van der Waals surface area contributed by atoms with Gasteiger partial charge in [0.05, 0.1) is 16.0 Å². The van der Waals surface area contributed by atoms with Gasteiger partial charge in [-0.05, 0) is 36.4 Å². The van der Waals surface area contributed by atoms with Crippen LogP contribution in [0.3, 0.4) is 0 Å². The van der Waals surface area contributed by atoms with Gasteiger partial charge in [-0.15, -0.1) is 11.3 Å². The van der Waals surface area contributed by atoms with Crippen molar-refractivity contribution in [2.75, 3.05) is 5.32 Å². The molecular formula is C17H12F2N2O2S. The molecule has 122 valence electrons. The fraction of sp³-hybridized carbons (Fsp3) is 0.176. The molecule has 1 amide bonds. The zero-order chi connectivity index (χ0) is 16.7. The first-order valence-electron chi connectivity index (χ1n) is 7.36. The molecule has 0 spiro atoms. The van der Waals surface area contributed by atoms with Crippen LogP contribution in [0, 0.1) is 11.6 Å². The third kappa shape index (κ3) is 2.50. The van der Waals surface area contributed by atoms with Crippen molar-refractivity contribution < 1.29 is 18.1 Å². The summed E-state index contributed by atoms with van der Waals surface area (Å²) in [6, 6.07) is 8.86. The standard InChI is InChI=1S/C17H12F2N2O2S/c18-11-4-3-10(8-12(11)19)20-16(22)17(5-6-17)15-9-13(23-21-15)14-2-1-7-24-14/h1-4,7-9H,5-6H2,(H,20,22). The van der Waals surface area contributed by atoms with E-state index in [4.69, 9.17) is 4.52 Å². The molecule has 24 heavy (non-hydrogen) atoms. The fourth-order valence-electron chi connectivity index (χ4n) is 2.58. The summed E-state index contributed by atoms with van der Waals surface area (Å²) in [5, 5.41) is 8.60. The van der Waals surface area contributed by atoms with Crippen molar-refractivity contribution in [3.63, 3.8) is 0 Å². The SMILES string of the molecule is O=C(Nc1ccc(F)c(F)c1)C1(c2cc(-c3cccs3)on2)CC1. The van der Waals surface area contributed by atoms with Crippen molar-refractivity contribution in [2.24, 2.45) is 0 Å². The van der Waals surface area contributed by atoms with Crippen LogP contribution in [0.1, 0.15) is 18.5 Å². The van der Waals surface area contributed by atoms with E-state index in [2.05, 4.69) is 10.5 Å². The Hall–Kier alpha value is -2.54. The van der Waals surface area contributed by atoms with Gasteiger partial charge in [-0.1, -0.05) is 11.2 Å². The average Bonchev–Trinajstić information content (AvgIpc) is 3.00. The lowest BCUT2D eigenvalue weighted by Crippen LogP contribution is -2.28. The Labute approximate surface area is 140 Å². The molecule has 1 aliphatic rings. The number of amides is 1. The Morgan fingerprint density at radius 3 is 2.71 bits per heavy atom. The van der Waals surface area contributed by atoms with E-state index in [1.54, 1.807) is 6.07 Å². The molecule has 1 aromatic carbocycles. The largest absolute Gasteiger partial charge is 0.355 e. The highest BCUT2D eigenvalue weighted by molar-refractivity contribution is 7.13. The minimum Gasteiger partial charge on any atom is -0.355 e. The first-order valence-corrected chi connectivity index (χ1v) is 8.24. The Morgan fingerprint density at radius 1 is 1.21 bits per heavy atom. The lowest BCUT2D eigenvalue weighted by molar-refractivity contribution is -0.118. The van der Waals surface area contributed by atoms with Crippen LogP contribution in [-0.2, 0) is 10.2 Å². The van der Waals surface area contributed by atoms with Gasteiger partial charge in [-0.2, -0.15) is 0 Å². The van der Waals surface area contributed by atoms with Crippen LogP contribution in [0.15, 0.2) is 46.3 Å².